The fourth-order valence-corrected chi connectivity index (χ4v) is 2.03. The van der Waals surface area contributed by atoms with Gasteiger partial charge in [0.15, 0.2) is 5.76 Å². The second-order valence-corrected chi connectivity index (χ2v) is 4.66. The topological polar surface area (TPSA) is 94.1 Å². The van der Waals surface area contributed by atoms with E-state index in [4.69, 9.17) is 4.52 Å². The predicted molar refractivity (Wildman–Crippen MR) is 72.1 cm³/mol. The second kappa shape index (κ2) is 5.79. The highest BCUT2D eigenvalue weighted by atomic mass is 16.6. The zero-order valence-corrected chi connectivity index (χ0v) is 11.6. The van der Waals surface area contributed by atoms with Gasteiger partial charge in [-0.05, 0) is 20.8 Å². The molecular weight excluding hydrogens is 260 g/mol. The maximum absolute atomic E-state index is 11.0. The van der Waals surface area contributed by atoms with Crippen molar-refractivity contribution in [1.82, 2.24) is 15.5 Å². The molecule has 2 heterocycles. The van der Waals surface area contributed by atoms with Crippen molar-refractivity contribution in [3.05, 3.63) is 50.7 Å². The molecule has 0 unspecified atom stereocenters. The number of hydrogen-bond acceptors (Lipinski definition) is 6. The van der Waals surface area contributed by atoms with Crippen LogP contribution in [0.1, 0.15) is 28.3 Å². The van der Waals surface area contributed by atoms with Gasteiger partial charge in [-0.15, -0.1) is 0 Å². The molecule has 106 valence electrons. The minimum absolute atomic E-state index is 0.132. The van der Waals surface area contributed by atoms with Gasteiger partial charge in [-0.2, -0.15) is 0 Å². The Morgan fingerprint density at radius 3 is 2.70 bits per heavy atom. The van der Waals surface area contributed by atoms with Crippen molar-refractivity contribution in [3.8, 4) is 0 Å². The molecule has 0 saturated heterocycles. The van der Waals surface area contributed by atoms with Crippen molar-refractivity contribution in [3.63, 3.8) is 0 Å². The van der Waals surface area contributed by atoms with Crippen molar-refractivity contribution in [1.29, 1.82) is 0 Å². The summed E-state index contributed by atoms with van der Waals surface area (Å²) in [7, 11) is 0. The van der Waals surface area contributed by atoms with Gasteiger partial charge in [0.25, 0.3) is 5.69 Å². The summed E-state index contributed by atoms with van der Waals surface area (Å²) in [5.74, 6) is 0.724. The Morgan fingerprint density at radius 1 is 1.35 bits per heavy atom. The first-order chi connectivity index (χ1) is 9.49. The summed E-state index contributed by atoms with van der Waals surface area (Å²) < 4.78 is 5.07. The van der Waals surface area contributed by atoms with Crippen LogP contribution >= 0.6 is 0 Å². The highest BCUT2D eigenvalue weighted by Crippen LogP contribution is 2.23. The van der Waals surface area contributed by atoms with E-state index in [-0.39, 0.29) is 10.6 Å². The van der Waals surface area contributed by atoms with Gasteiger partial charge in [0.05, 0.1) is 22.9 Å². The van der Waals surface area contributed by atoms with Crippen LogP contribution < -0.4 is 5.32 Å². The quantitative estimate of drug-likeness (QED) is 0.664. The Kier molecular flexibility index (Phi) is 4.09. The van der Waals surface area contributed by atoms with Gasteiger partial charge in [-0.25, -0.2) is 0 Å². The largest absolute Gasteiger partial charge is 0.360 e. The Balaban J connectivity index is 2.06. The van der Waals surface area contributed by atoms with E-state index in [0.717, 1.165) is 11.5 Å². The average molecular weight is 276 g/mol. The zero-order valence-electron chi connectivity index (χ0n) is 11.6. The van der Waals surface area contributed by atoms with Crippen LogP contribution in [0.25, 0.3) is 0 Å². The highest BCUT2D eigenvalue weighted by molar-refractivity contribution is 5.47. The van der Waals surface area contributed by atoms with Crippen LogP contribution in [-0.4, -0.2) is 15.1 Å². The van der Waals surface area contributed by atoms with E-state index >= 15 is 0 Å². The van der Waals surface area contributed by atoms with Gasteiger partial charge < -0.3 is 9.84 Å². The van der Waals surface area contributed by atoms with Crippen LogP contribution in [0.3, 0.4) is 0 Å². The van der Waals surface area contributed by atoms with Gasteiger partial charge >= 0.3 is 0 Å². The lowest BCUT2D eigenvalue weighted by Gasteiger charge is -2.07. The number of pyridine rings is 1. The molecule has 0 amide bonds. The smallest absolute Gasteiger partial charge is 0.278 e. The first kappa shape index (κ1) is 14.1. The summed E-state index contributed by atoms with van der Waals surface area (Å²) in [6, 6.07) is 1.84. The predicted octanol–water partition coefficient (Wildman–Crippen LogP) is 2.19. The van der Waals surface area contributed by atoms with Gasteiger partial charge in [-0.3, -0.25) is 15.1 Å². The number of nitrogens with one attached hydrogen (secondary N) is 1. The van der Waals surface area contributed by atoms with Crippen molar-refractivity contribution in [2.24, 2.45) is 0 Å². The van der Waals surface area contributed by atoms with Crippen molar-refractivity contribution in [2.45, 2.75) is 33.9 Å². The third-order valence-electron chi connectivity index (χ3n) is 3.03. The summed E-state index contributed by atoms with van der Waals surface area (Å²) in [4.78, 5) is 14.9. The molecule has 2 rings (SSSR count). The molecular formula is C13H16N4O3. The van der Waals surface area contributed by atoms with Crippen LogP contribution in [0.2, 0.25) is 0 Å². The van der Waals surface area contributed by atoms with E-state index in [1.807, 2.05) is 13.0 Å². The van der Waals surface area contributed by atoms with Gasteiger partial charge in [0, 0.05) is 29.9 Å². The number of nitrogens with zero attached hydrogens (tertiary/aromatic N) is 3. The maximum atomic E-state index is 11.0. The number of nitro groups is 1. The molecule has 0 atom stereocenters. The van der Waals surface area contributed by atoms with E-state index < -0.39 is 0 Å². The van der Waals surface area contributed by atoms with E-state index in [9.17, 15) is 10.1 Å². The van der Waals surface area contributed by atoms with Gasteiger partial charge in [-0.1, -0.05) is 5.16 Å². The average Bonchev–Trinajstić information content (AvgIpc) is 2.77. The molecule has 20 heavy (non-hydrogen) atoms. The molecule has 0 saturated carbocycles. The number of hydrogen-bond donors (Lipinski definition) is 1. The third-order valence-corrected chi connectivity index (χ3v) is 3.03. The van der Waals surface area contributed by atoms with Gasteiger partial charge in [0.2, 0.25) is 0 Å². The first-order valence-corrected chi connectivity index (χ1v) is 6.21. The molecule has 0 radical (unpaired) electrons. The SMILES string of the molecule is Cc1cc(CNCc2ncc(C)c([N+](=O)[O-])c2C)on1. The fraction of sp³-hybridized carbons (Fsp3) is 0.385. The van der Waals surface area contributed by atoms with E-state index in [2.05, 4.69) is 15.5 Å². The fourth-order valence-electron chi connectivity index (χ4n) is 2.03. The lowest BCUT2D eigenvalue weighted by molar-refractivity contribution is -0.386. The first-order valence-electron chi connectivity index (χ1n) is 6.21. The monoisotopic (exact) mass is 276 g/mol. The summed E-state index contributed by atoms with van der Waals surface area (Å²) >= 11 is 0. The Morgan fingerprint density at radius 2 is 2.10 bits per heavy atom. The molecule has 0 spiro atoms. The molecule has 2 aromatic heterocycles. The molecule has 0 fully saturated rings. The lowest BCUT2D eigenvalue weighted by atomic mass is 10.1. The highest BCUT2D eigenvalue weighted by Gasteiger charge is 2.18. The summed E-state index contributed by atoms with van der Waals surface area (Å²) in [6.07, 6.45) is 1.53. The summed E-state index contributed by atoms with van der Waals surface area (Å²) in [6.45, 7) is 6.19. The second-order valence-electron chi connectivity index (χ2n) is 4.66. The van der Waals surface area contributed by atoms with E-state index in [1.165, 1.54) is 6.20 Å². The normalized spacial score (nSPS) is 10.8. The Labute approximate surface area is 116 Å². The minimum Gasteiger partial charge on any atom is -0.360 e. The minimum atomic E-state index is -0.365. The standard InChI is InChI=1S/C13H16N4O3/c1-8-5-15-12(10(3)13(8)17(18)19)7-14-6-11-4-9(2)16-20-11/h4-5,14H,6-7H2,1-3H3. The molecule has 0 aromatic carbocycles. The van der Waals surface area contributed by atoms with Crippen LogP contribution in [-0.2, 0) is 13.1 Å². The molecule has 0 aliphatic rings. The van der Waals surface area contributed by atoms with Crippen LogP contribution in [0, 0.1) is 30.9 Å². The van der Waals surface area contributed by atoms with Crippen LogP contribution in [0.5, 0.6) is 0 Å². The maximum Gasteiger partial charge on any atom is 0.278 e. The molecule has 7 heteroatoms. The number of aryl methyl sites for hydroxylation is 2. The van der Waals surface area contributed by atoms with Crippen molar-refractivity contribution >= 4 is 5.69 Å². The van der Waals surface area contributed by atoms with Crippen molar-refractivity contribution < 1.29 is 9.45 Å². The van der Waals surface area contributed by atoms with Crippen LogP contribution in [0.4, 0.5) is 5.69 Å². The Hall–Kier alpha value is -2.28. The Bertz CT molecular complexity index is 637. The van der Waals surface area contributed by atoms with E-state index in [0.29, 0.717) is 29.9 Å². The molecule has 0 aliphatic carbocycles. The number of rotatable bonds is 5. The molecule has 1 N–H and O–H groups in total. The van der Waals surface area contributed by atoms with Gasteiger partial charge in [0.1, 0.15) is 0 Å². The molecule has 0 aliphatic heterocycles. The summed E-state index contributed by atoms with van der Waals surface area (Å²) in [5, 5.41) is 18.0. The van der Waals surface area contributed by atoms with E-state index in [1.54, 1.807) is 13.8 Å². The lowest BCUT2D eigenvalue weighted by Crippen LogP contribution is -2.15. The number of aromatic nitrogens is 2. The molecule has 2 aromatic rings. The zero-order chi connectivity index (χ0) is 14.7. The summed E-state index contributed by atoms with van der Waals surface area (Å²) in [5.41, 5.74) is 2.78. The van der Waals surface area contributed by atoms with Crippen molar-refractivity contribution in [2.75, 3.05) is 0 Å². The molecule has 0 bridgehead atoms. The molecule has 7 nitrogen and oxygen atoms in total. The third kappa shape index (κ3) is 3.00. The van der Waals surface area contributed by atoms with Crippen LogP contribution in [0.15, 0.2) is 16.8 Å².